The zero-order chi connectivity index (χ0) is 11.4. The lowest BCUT2D eigenvalue weighted by molar-refractivity contribution is 0.0642. The Hall–Kier alpha value is 0.480. The molecule has 2 aliphatic rings. The molecule has 2 bridgehead atoms. The smallest absolute Gasteiger partial charge is 0.0207 e. The third-order valence-electron chi connectivity index (χ3n) is 5.34. The van der Waals surface area contributed by atoms with Crippen LogP contribution in [0.4, 0.5) is 0 Å². The summed E-state index contributed by atoms with van der Waals surface area (Å²) in [6, 6.07) is 0. The molecule has 2 rings (SSSR count). The van der Waals surface area contributed by atoms with Gasteiger partial charge in [0.25, 0.3) is 0 Å². The summed E-state index contributed by atoms with van der Waals surface area (Å²) in [4.78, 5) is 0.697. The Morgan fingerprint density at radius 1 is 1.20 bits per heavy atom. The standard InChI is InChI=1S/C14H25Br/c1-9(2)11(15)12-13(3,4)10-6-7-14(12,5)8-10/h9-12H,6-8H2,1-5H3. The maximum atomic E-state index is 3.98. The summed E-state index contributed by atoms with van der Waals surface area (Å²) in [5, 5.41) is 0. The van der Waals surface area contributed by atoms with E-state index < -0.39 is 0 Å². The Bertz CT molecular complexity index is 251. The third kappa shape index (κ3) is 1.61. The van der Waals surface area contributed by atoms with Crippen molar-refractivity contribution < 1.29 is 0 Å². The van der Waals surface area contributed by atoms with Crippen molar-refractivity contribution in [2.75, 3.05) is 0 Å². The maximum Gasteiger partial charge on any atom is 0.0207 e. The normalized spacial score (nSPS) is 45.0. The molecule has 2 saturated carbocycles. The largest absolute Gasteiger partial charge is 0.0884 e. The molecule has 2 fully saturated rings. The number of hydrogen-bond donors (Lipinski definition) is 0. The summed E-state index contributed by atoms with van der Waals surface area (Å²) in [5.74, 6) is 2.60. The number of halogens is 1. The minimum atomic E-state index is 0.547. The Labute approximate surface area is 103 Å². The lowest BCUT2D eigenvalue weighted by Crippen LogP contribution is -2.42. The lowest BCUT2D eigenvalue weighted by Gasteiger charge is -2.46. The fourth-order valence-corrected chi connectivity index (χ4v) is 5.84. The van der Waals surface area contributed by atoms with Crippen LogP contribution in [0.2, 0.25) is 0 Å². The average Bonchev–Trinajstić information content (AvgIpc) is 2.54. The molecule has 0 saturated heterocycles. The van der Waals surface area contributed by atoms with Crippen molar-refractivity contribution in [2.24, 2.45) is 28.6 Å². The fraction of sp³-hybridized carbons (Fsp3) is 1.00. The fourth-order valence-electron chi connectivity index (χ4n) is 4.52. The summed E-state index contributed by atoms with van der Waals surface area (Å²) in [5.41, 5.74) is 1.16. The van der Waals surface area contributed by atoms with Gasteiger partial charge in [-0.15, -0.1) is 0 Å². The molecule has 0 aromatic heterocycles. The van der Waals surface area contributed by atoms with Gasteiger partial charge in [0.2, 0.25) is 0 Å². The molecule has 88 valence electrons. The first-order chi connectivity index (χ1) is 6.79. The Kier molecular flexibility index (Phi) is 2.78. The molecule has 4 atom stereocenters. The second-order valence-corrected chi connectivity index (χ2v) is 8.14. The molecular weight excluding hydrogens is 248 g/mol. The molecule has 0 heterocycles. The molecule has 2 aliphatic carbocycles. The van der Waals surface area contributed by atoms with Gasteiger partial charge in [-0.3, -0.25) is 0 Å². The summed E-state index contributed by atoms with van der Waals surface area (Å²) in [6.45, 7) is 12.2. The van der Waals surface area contributed by atoms with Crippen LogP contribution in [0.1, 0.15) is 53.9 Å². The molecule has 0 aromatic carbocycles. The second-order valence-electron chi connectivity index (χ2n) is 7.08. The molecule has 0 amide bonds. The molecular formula is C14H25Br. The van der Waals surface area contributed by atoms with Crippen LogP contribution in [-0.2, 0) is 0 Å². The summed E-state index contributed by atoms with van der Waals surface area (Å²) < 4.78 is 0. The van der Waals surface area contributed by atoms with Crippen LogP contribution in [0.5, 0.6) is 0 Å². The monoisotopic (exact) mass is 272 g/mol. The van der Waals surface area contributed by atoms with Crippen LogP contribution in [0.3, 0.4) is 0 Å². The van der Waals surface area contributed by atoms with E-state index in [4.69, 9.17) is 0 Å². The molecule has 15 heavy (non-hydrogen) atoms. The van der Waals surface area contributed by atoms with Gasteiger partial charge in [0.15, 0.2) is 0 Å². The van der Waals surface area contributed by atoms with Gasteiger partial charge in [0, 0.05) is 4.83 Å². The van der Waals surface area contributed by atoms with Crippen molar-refractivity contribution in [3.05, 3.63) is 0 Å². The zero-order valence-corrected chi connectivity index (χ0v) is 12.4. The van der Waals surface area contributed by atoms with Crippen LogP contribution in [-0.4, -0.2) is 4.83 Å². The summed E-state index contributed by atoms with van der Waals surface area (Å²) in [7, 11) is 0. The number of fused-ring (bicyclic) bond motifs is 2. The first kappa shape index (κ1) is 12.0. The highest BCUT2D eigenvalue weighted by atomic mass is 79.9. The SMILES string of the molecule is CC(C)C(Br)C1C2(C)CCC(C2)C1(C)C. The van der Waals surface area contributed by atoms with Crippen LogP contribution in [0, 0.1) is 28.6 Å². The first-order valence-electron chi connectivity index (χ1n) is 6.43. The Morgan fingerprint density at radius 3 is 2.20 bits per heavy atom. The Morgan fingerprint density at radius 2 is 1.80 bits per heavy atom. The number of alkyl halides is 1. The van der Waals surface area contributed by atoms with Gasteiger partial charge in [0.05, 0.1) is 0 Å². The summed E-state index contributed by atoms with van der Waals surface area (Å²) in [6.07, 6.45) is 4.40. The Balaban J connectivity index is 2.30. The van der Waals surface area contributed by atoms with E-state index in [2.05, 4.69) is 50.5 Å². The predicted octanol–water partition coefficient (Wildman–Crippen LogP) is 4.87. The van der Waals surface area contributed by atoms with Crippen molar-refractivity contribution in [2.45, 2.75) is 58.7 Å². The summed E-state index contributed by atoms with van der Waals surface area (Å²) >= 11 is 3.98. The van der Waals surface area contributed by atoms with Crippen molar-refractivity contribution in [3.8, 4) is 0 Å². The van der Waals surface area contributed by atoms with Gasteiger partial charge in [-0.05, 0) is 47.8 Å². The molecule has 0 aliphatic heterocycles. The first-order valence-corrected chi connectivity index (χ1v) is 7.34. The highest BCUT2D eigenvalue weighted by molar-refractivity contribution is 9.09. The molecule has 0 spiro atoms. The van der Waals surface area contributed by atoms with E-state index >= 15 is 0 Å². The lowest BCUT2D eigenvalue weighted by atomic mass is 9.61. The van der Waals surface area contributed by atoms with E-state index in [1.54, 1.807) is 0 Å². The van der Waals surface area contributed by atoms with E-state index in [-0.39, 0.29) is 0 Å². The van der Waals surface area contributed by atoms with Crippen LogP contribution < -0.4 is 0 Å². The molecule has 0 aromatic rings. The minimum Gasteiger partial charge on any atom is -0.0884 e. The molecule has 4 unspecified atom stereocenters. The number of hydrogen-bond acceptors (Lipinski definition) is 0. The molecule has 1 heteroatoms. The van der Waals surface area contributed by atoms with Gasteiger partial charge in [-0.1, -0.05) is 50.5 Å². The average molecular weight is 273 g/mol. The van der Waals surface area contributed by atoms with E-state index in [1.165, 1.54) is 19.3 Å². The van der Waals surface area contributed by atoms with Crippen LogP contribution in [0.15, 0.2) is 0 Å². The van der Waals surface area contributed by atoms with Crippen molar-refractivity contribution in [1.29, 1.82) is 0 Å². The predicted molar refractivity (Wildman–Crippen MR) is 70.3 cm³/mol. The molecule has 0 nitrogen and oxygen atoms in total. The van der Waals surface area contributed by atoms with E-state index in [1.807, 2.05) is 0 Å². The highest BCUT2D eigenvalue weighted by Crippen LogP contribution is 2.68. The van der Waals surface area contributed by atoms with E-state index in [0.717, 1.165) is 17.8 Å². The molecule has 0 N–H and O–H groups in total. The quantitative estimate of drug-likeness (QED) is 0.630. The van der Waals surface area contributed by atoms with Gasteiger partial charge in [-0.2, -0.15) is 0 Å². The highest BCUT2D eigenvalue weighted by Gasteiger charge is 2.61. The van der Waals surface area contributed by atoms with Gasteiger partial charge in [-0.25, -0.2) is 0 Å². The van der Waals surface area contributed by atoms with Crippen LogP contribution in [0.25, 0.3) is 0 Å². The zero-order valence-electron chi connectivity index (χ0n) is 10.8. The second kappa shape index (κ2) is 3.48. The van der Waals surface area contributed by atoms with Crippen LogP contribution >= 0.6 is 15.9 Å². The van der Waals surface area contributed by atoms with E-state index in [9.17, 15) is 0 Å². The third-order valence-corrected chi connectivity index (χ3v) is 6.92. The van der Waals surface area contributed by atoms with E-state index in [0.29, 0.717) is 15.7 Å². The minimum absolute atomic E-state index is 0.547. The van der Waals surface area contributed by atoms with Gasteiger partial charge >= 0.3 is 0 Å². The van der Waals surface area contributed by atoms with Crippen molar-refractivity contribution in [3.63, 3.8) is 0 Å². The van der Waals surface area contributed by atoms with Gasteiger partial charge < -0.3 is 0 Å². The topological polar surface area (TPSA) is 0 Å². The molecule has 0 radical (unpaired) electrons. The van der Waals surface area contributed by atoms with Gasteiger partial charge in [0.1, 0.15) is 0 Å². The number of rotatable bonds is 2. The van der Waals surface area contributed by atoms with Crippen molar-refractivity contribution in [1.82, 2.24) is 0 Å². The maximum absolute atomic E-state index is 3.98. The van der Waals surface area contributed by atoms with Crippen molar-refractivity contribution >= 4 is 15.9 Å².